The van der Waals surface area contributed by atoms with E-state index in [0.717, 1.165) is 18.7 Å². The van der Waals surface area contributed by atoms with E-state index in [1.54, 1.807) is 29.5 Å². The second-order valence-electron chi connectivity index (χ2n) is 6.47. The van der Waals surface area contributed by atoms with Crippen LogP contribution in [-0.2, 0) is 4.74 Å². The SMILES string of the molecule is O=C(NCC(c1cccs1)N1CCOCC1)c1cc(-c2ccc(Cl)cc2)on1. The van der Waals surface area contributed by atoms with Gasteiger partial charge >= 0.3 is 0 Å². The van der Waals surface area contributed by atoms with Crippen LogP contribution in [0.15, 0.2) is 52.4 Å². The fourth-order valence-corrected chi connectivity index (χ4v) is 4.18. The smallest absolute Gasteiger partial charge is 0.273 e. The largest absolute Gasteiger partial charge is 0.379 e. The van der Waals surface area contributed by atoms with Gasteiger partial charge in [-0.15, -0.1) is 11.3 Å². The fraction of sp³-hybridized carbons (Fsp3) is 0.300. The Hall–Kier alpha value is -2.19. The zero-order valence-corrected chi connectivity index (χ0v) is 16.7. The van der Waals surface area contributed by atoms with E-state index in [4.69, 9.17) is 20.9 Å². The molecule has 6 nitrogen and oxygen atoms in total. The molecule has 3 aromatic rings. The van der Waals surface area contributed by atoms with Crippen molar-refractivity contribution in [3.63, 3.8) is 0 Å². The molecule has 8 heteroatoms. The van der Waals surface area contributed by atoms with Crippen LogP contribution in [0.3, 0.4) is 0 Å². The molecule has 1 atom stereocenters. The van der Waals surface area contributed by atoms with Crippen LogP contribution in [0.2, 0.25) is 5.02 Å². The van der Waals surface area contributed by atoms with Crippen LogP contribution in [0.25, 0.3) is 11.3 Å². The second-order valence-corrected chi connectivity index (χ2v) is 7.89. The van der Waals surface area contributed by atoms with E-state index < -0.39 is 0 Å². The van der Waals surface area contributed by atoms with Crippen LogP contribution in [-0.4, -0.2) is 48.8 Å². The normalized spacial score (nSPS) is 16.0. The van der Waals surface area contributed by atoms with Gasteiger partial charge in [-0.25, -0.2) is 0 Å². The summed E-state index contributed by atoms with van der Waals surface area (Å²) in [6.45, 7) is 3.63. The Kier molecular flexibility index (Phi) is 6.07. The van der Waals surface area contributed by atoms with Crippen molar-refractivity contribution in [1.29, 1.82) is 0 Å². The molecular formula is C20H20ClN3O3S. The molecule has 0 radical (unpaired) electrons. The van der Waals surface area contributed by atoms with Gasteiger partial charge in [-0.2, -0.15) is 0 Å². The van der Waals surface area contributed by atoms with Crippen molar-refractivity contribution in [2.24, 2.45) is 0 Å². The van der Waals surface area contributed by atoms with Gasteiger partial charge in [0.25, 0.3) is 5.91 Å². The summed E-state index contributed by atoms with van der Waals surface area (Å²) >= 11 is 7.61. The standard InChI is InChI=1S/C20H20ClN3O3S/c21-15-5-3-14(4-6-15)18-12-16(23-27-18)20(25)22-13-17(19-2-1-11-28-19)24-7-9-26-10-8-24/h1-6,11-12,17H,7-10,13H2,(H,22,25). The van der Waals surface area contributed by atoms with E-state index in [2.05, 4.69) is 26.8 Å². The van der Waals surface area contributed by atoms with Crippen LogP contribution in [0.4, 0.5) is 0 Å². The highest BCUT2D eigenvalue weighted by Gasteiger charge is 2.24. The molecule has 0 spiro atoms. The Morgan fingerprint density at radius 1 is 1.25 bits per heavy atom. The number of nitrogens with one attached hydrogen (secondary N) is 1. The third kappa shape index (κ3) is 4.44. The van der Waals surface area contributed by atoms with Gasteiger partial charge in [-0.05, 0) is 35.7 Å². The van der Waals surface area contributed by atoms with Crippen LogP contribution >= 0.6 is 22.9 Å². The van der Waals surface area contributed by atoms with Gasteiger partial charge in [0, 0.05) is 41.2 Å². The third-order valence-electron chi connectivity index (χ3n) is 4.69. The molecule has 1 fully saturated rings. The lowest BCUT2D eigenvalue weighted by atomic mass is 10.1. The van der Waals surface area contributed by atoms with Crippen molar-refractivity contribution in [3.8, 4) is 11.3 Å². The summed E-state index contributed by atoms with van der Waals surface area (Å²) in [4.78, 5) is 16.2. The van der Waals surface area contributed by atoms with Crippen molar-refractivity contribution in [2.45, 2.75) is 6.04 Å². The van der Waals surface area contributed by atoms with E-state index in [1.807, 2.05) is 18.2 Å². The fourth-order valence-electron chi connectivity index (χ4n) is 3.19. The Bertz CT molecular complexity index is 905. The number of benzene rings is 1. The van der Waals surface area contributed by atoms with Crippen molar-refractivity contribution in [1.82, 2.24) is 15.4 Å². The van der Waals surface area contributed by atoms with Gasteiger partial charge in [-0.3, -0.25) is 9.69 Å². The zero-order chi connectivity index (χ0) is 19.3. The maximum absolute atomic E-state index is 12.6. The van der Waals surface area contributed by atoms with Gasteiger partial charge in [-0.1, -0.05) is 22.8 Å². The molecule has 1 unspecified atom stereocenters. The second kappa shape index (κ2) is 8.87. The minimum Gasteiger partial charge on any atom is -0.379 e. The minimum atomic E-state index is -0.251. The summed E-state index contributed by atoms with van der Waals surface area (Å²) < 4.78 is 10.8. The van der Waals surface area contributed by atoms with Crippen molar-refractivity contribution in [3.05, 3.63) is 63.4 Å². The number of nitrogens with zero attached hydrogens (tertiary/aromatic N) is 2. The summed E-state index contributed by atoms with van der Waals surface area (Å²) in [5.41, 5.74) is 1.08. The molecule has 3 heterocycles. The summed E-state index contributed by atoms with van der Waals surface area (Å²) in [5, 5.41) is 9.62. The molecule has 1 amide bonds. The lowest BCUT2D eigenvalue weighted by molar-refractivity contribution is 0.0169. The maximum atomic E-state index is 12.6. The van der Waals surface area contributed by atoms with Gasteiger partial charge in [0.05, 0.1) is 19.3 Å². The van der Waals surface area contributed by atoms with E-state index in [-0.39, 0.29) is 17.6 Å². The highest BCUT2D eigenvalue weighted by atomic mass is 35.5. The van der Waals surface area contributed by atoms with Gasteiger partial charge in [0.1, 0.15) is 0 Å². The number of rotatable bonds is 6. The van der Waals surface area contributed by atoms with Crippen LogP contribution in [0.5, 0.6) is 0 Å². The summed E-state index contributed by atoms with van der Waals surface area (Å²) in [6, 6.07) is 13.1. The number of carbonyl (C=O) groups excluding carboxylic acids is 1. The topological polar surface area (TPSA) is 67.6 Å². The number of carbonyl (C=O) groups is 1. The number of ether oxygens (including phenoxy) is 1. The Labute approximate surface area is 172 Å². The van der Waals surface area contributed by atoms with Gasteiger partial charge in [0.15, 0.2) is 11.5 Å². The predicted octanol–water partition coefficient (Wildman–Crippen LogP) is 3.86. The monoisotopic (exact) mass is 417 g/mol. The number of hydrogen-bond donors (Lipinski definition) is 1. The Balaban J connectivity index is 1.43. The number of aromatic nitrogens is 1. The molecule has 1 aromatic carbocycles. The molecule has 2 aromatic heterocycles. The lowest BCUT2D eigenvalue weighted by Crippen LogP contribution is -2.43. The van der Waals surface area contributed by atoms with Gasteiger partial charge < -0.3 is 14.6 Å². The van der Waals surface area contributed by atoms with E-state index >= 15 is 0 Å². The molecule has 1 aliphatic rings. The average molecular weight is 418 g/mol. The number of amides is 1. The number of morpholine rings is 1. The van der Waals surface area contributed by atoms with Crippen molar-refractivity contribution >= 4 is 28.8 Å². The number of hydrogen-bond acceptors (Lipinski definition) is 6. The summed E-state index contributed by atoms with van der Waals surface area (Å²) in [7, 11) is 0. The van der Waals surface area contributed by atoms with Crippen molar-refractivity contribution in [2.75, 3.05) is 32.8 Å². The molecule has 28 heavy (non-hydrogen) atoms. The quantitative estimate of drug-likeness (QED) is 0.659. The minimum absolute atomic E-state index is 0.121. The first-order valence-corrected chi connectivity index (χ1v) is 10.3. The van der Waals surface area contributed by atoms with Crippen LogP contribution in [0, 0.1) is 0 Å². The first kappa shape index (κ1) is 19.1. The Morgan fingerprint density at radius 3 is 2.75 bits per heavy atom. The van der Waals surface area contributed by atoms with E-state index in [1.165, 1.54) is 4.88 Å². The molecule has 0 aliphatic carbocycles. The lowest BCUT2D eigenvalue weighted by Gasteiger charge is -2.34. The molecule has 1 saturated heterocycles. The summed E-state index contributed by atoms with van der Waals surface area (Å²) in [5.74, 6) is 0.281. The molecule has 1 aliphatic heterocycles. The average Bonchev–Trinajstić information content (AvgIpc) is 3.42. The van der Waals surface area contributed by atoms with Gasteiger partial charge in [0.2, 0.25) is 0 Å². The van der Waals surface area contributed by atoms with Crippen LogP contribution in [0.1, 0.15) is 21.4 Å². The van der Waals surface area contributed by atoms with Crippen molar-refractivity contribution < 1.29 is 14.1 Å². The molecule has 4 rings (SSSR count). The maximum Gasteiger partial charge on any atom is 0.273 e. The number of halogens is 1. The molecule has 0 bridgehead atoms. The van der Waals surface area contributed by atoms with E-state index in [0.29, 0.717) is 30.5 Å². The zero-order valence-electron chi connectivity index (χ0n) is 15.1. The highest BCUT2D eigenvalue weighted by molar-refractivity contribution is 7.10. The van der Waals surface area contributed by atoms with E-state index in [9.17, 15) is 4.79 Å². The first-order valence-electron chi connectivity index (χ1n) is 9.07. The molecule has 1 N–H and O–H groups in total. The molecular weight excluding hydrogens is 398 g/mol. The number of thiophene rings is 1. The third-order valence-corrected chi connectivity index (χ3v) is 5.91. The Morgan fingerprint density at radius 2 is 2.04 bits per heavy atom. The predicted molar refractivity (Wildman–Crippen MR) is 109 cm³/mol. The molecule has 146 valence electrons. The van der Waals surface area contributed by atoms with Crippen LogP contribution < -0.4 is 5.32 Å². The molecule has 0 saturated carbocycles. The summed E-state index contributed by atoms with van der Waals surface area (Å²) in [6.07, 6.45) is 0. The first-order chi connectivity index (χ1) is 13.7. The highest BCUT2D eigenvalue weighted by Crippen LogP contribution is 2.26.